The van der Waals surface area contributed by atoms with Gasteiger partial charge in [0, 0.05) is 5.38 Å². The minimum atomic E-state index is -0.0854. The molecule has 0 atom stereocenters. The van der Waals surface area contributed by atoms with Crippen molar-refractivity contribution in [3.63, 3.8) is 0 Å². The zero-order chi connectivity index (χ0) is 11.7. The Labute approximate surface area is 97.8 Å². The first-order chi connectivity index (χ1) is 7.63. The molecule has 2 aromatic heterocycles. The summed E-state index contributed by atoms with van der Waals surface area (Å²) in [7, 11) is 0. The summed E-state index contributed by atoms with van der Waals surface area (Å²) in [6, 6.07) is 0. The van der Waals surface area contributed by atoms with Gasteiger partial charge in [-0.3, -0.25) is 0 Å². The summed E-state index contributed by atoms with van der Waals surface area (Å²) in [4.78, 5) is 4.37. The molecule has 0 saturated heterocycles. The molecule has 0 unspecified atom stereocenters. The van der Waals surface area contributed by atoms with Gasteiger partial charge in [0.25, 0.3) is 0 Å². The number of aliphatic hydroxyl groups excluding tert-OH is 1. The van der Waals surface area contributed by atoms with E-state index in [0.29, 0.717) is 5.69 Å². The van der Waals surface area contributed by atoms with Gasteiger partial charge in [0.1, 0.15) is 5.69 Å². The maximum absolute atomic E-state index is 9.20. The van der Waals surface area contributed by atoms with Crippen LogP contribution in [0.5, 0.6) is 0 Å². The molecule has 0 spiro atoms. The lowest BCUT2D eigenvalue weighted by Crippen LogP contribution is -2.05. The molecule has 1 N–H and O–H groups in total. The van der Waals surface area contributed by atoms with Crippen molar-refractivity contribution in [2.24, 2.45) is 0 Å². The first-order valence-corrected chi connectivity index (χ1v) is 5.99. The van der Waals surface area contributed by atoms with Crippen LogP contribution in [0, 0.1) is 6.92 Å². The van der Waals surface area contributed by atoms with E-state index >= 15 is 0 Å². The van der Waals surface area contributed by atoms with E-state index in [1.807, 2.05) is 12.3 Å². The van der Waals surface area contributed by atoms with Crippen LogP contribution in [0.2, 0.25) is 0 Å². The molecule has 5 nitrogen and oxygen atoms in total. The van der Waals surface area contributed by atoms with Crippen LogP contribution in [-0.2, 0) is 6.61 Å². The fourth-order valence-corrected chi connectivity index (χ4v) is 2.35. The average Bonchev–Trinajstić information content (AvgIpc) is 2.82. The van der Waals surface area contributed by atoms with Crippen molar-refractivity contribution < 1.29 is 5.11 Å². The van der Waals surface area contributed by atoms with E-state index in [1.54, 1.807) is 4.68 Å². The average molecular weight is 238 g/mol. The lowest BCUT2D eigenvalue weighted by molar-refractivity contribution is 0.275. The Kier molecular flexibility index (Phi) is 3.02. The van der Waals surface area contributed by atoms with Gasteiger partial charge in [0.2, 0.25) is 5.13 Å². The zero-order valence-electron chi connectivity index (χ0n) is 9.51. The number of aryl methyl sites for hydroxylation is 1. The number of aliphatic hydroxyl groups is 1. The van der Waals surface area contributed by atoms with Gasteiger partial charge in [-0.25, -0.2) is 4.98 Å². The molecule has 86 valence electrons. The maximum Gasteiger partial charge on any atom is 0.212 e. The maximum atomic E-state index is 9.20. The van der Waals surface area contributed by atoms with Crippen molar-refractivity contribution in [3.8, 4) is 5.13 Å². The Bertz CT molecular complexity index is 489. The van der Waals surface area contributed by atoms with Gasteiger partial charge in [-0.15, -0.1) is 16.4 Å². The predicted molar refractivity (Wildman–Crippen MR) is 61.8 cm³/mol. The van der Waals surface area contributed by atoms with Crippen LogP contribution in [0.3, 0.4) is 0 Å². The van der Waals surface area contributed by atoms with Crippen LogP contribution in [0.4, 0.5) is 0 Å². The van der Waals surface area contributed by atoms with E-state index in [9.17, 15) is 5.11 Å². The van der Waals surface area contributed by atoms with E-state index in [4.69, 9.17) is 0 Å². The molecule has 6 heteroatoms. The smallest absolute Gasteiger partial charge is 0.212 e. The van der Waals surface area contributed by atoms with Crippen LogP contribution >= 0.6 is 11.3 Å². The van der Waals surface area contributed by atoms with Crippen LogP contribution in [0.25, 0.3) is 5.13 Å². The van der Waals surface area contributed by atoms with Gasteiger partial charge in [-0.2, -0.15) is 4.68 Å². The van der Waals surface area contributed by atoms with Gasteiger partial charge in [0.15, 0.2) is 0 Å². The van der Waals surface area contributed by atoms with Crippen molar-refractivity contribution in [3.05, 3.63) is 22.5 Å². The highest BCUT2D eigenvalue weighted by molar-refractivity contribution is 7.12. The lowest BCUT2D eigenvalue weighted by Gasteiger charge is -2.07. The van der Waals surface area contributed by atoms with E-state index in [0.717, 1.165) is 16.5 Å². The fraction of sp³-hybridized carbons (Fsp3) is 0.500. The highest BCUT2D eigenvalue weighted by atomic mass is 32.1. The van der Waals surface area contributed by atoms with E-state index in [1.165, 1.54) is 11.3 Å². The predicted octanol–water partition coefficient (Wildman–Crippen LogP) is 1.65. The van der Waals surface area contributed by atoms with Crippen molar-refractivity contribution >= 4 is 11.3 Å². The lowest BCUT2D eigenvalue weighted by atomic mass is 10.1. The van der Waals surface area contributed by atoms with Crippen molar-refractivity contribution in [2.75, 3.05) is 0 Å². The number of nitrogens with zero attached hydrogens (tertiary/aromatic N) is 4. The van der Waals surface area contributed by atoms with E-state index in [-0.39, 0.29) is 12.5 Å². The number of aromatic nitrogens is 4. The largest absolute Gasteiger partial charge is 0.390 e. The van der Waals surface area contributed by atoms with Crippen LogP contribution in [-0.4, -0.2) is 25.1 Å². The molecule has 2 aromatic rings. The third kappa shape index (κ3) is 1.85. The molecule has 0 saturated carbocycles. The SMILES string of the molecule is Cc1csc(-n2nnc(CO)c2C(C)C)n1. The Morgan fingerprint density at radius 2 is 2.25 bits per heavy atom. The van der Waals surface area contributed by atoms with Crippen molar-refractivity contribution in [2.45, 2.75) is 33.3 Å². The van der Waals surface area contributed by atoms with Gasteiger partial charge in [-0.05, 0) is 12.8 Å². The molecule has 16 heavy (non-hydrogen) atoms. The summed E-state index contributed by atoms with van der Waals surface area (Å²) in [6.07, 6.45) is 0. The number of rotatable bonds is 3. The number of hydrogen-bond acceptors (Lipinski definition) is 5. The molecule has 0 aliphatic rings. The minimum Gasteiger partial charge on any atom is -0.390 e. The normalized spacial score (nSPS) is 11.3. The summed E-state index contributed by atoms with van der Waals surface area (Å²) in [5, 5.41) is 20.0. The topological polar surface area (TPSA) is 63.8 Å². The van der Waals surface area contributed by atoms with Gasteiger partial charge in [0.05, 0.1) is 18.0 Å². The van der Waals surface area contributed by atoms with Gasteiger partial charge in [-0.1, -0.05) is 19.1 Å². The summed E-state index contributed by atoms with van der Waals surface area (Å²) < 4.78 is 1.72. The third-order valence-electron chi connectivity index (χ3n) is 2.26. The summed E-state index contributed by atoms with van der Waals surface area (Å²) >= 11 is 1.53. The van der Waals surface area contributed by atoms with E-state index in [2.05, 4.69) is 29.1 Å². The number of hydrogen-bond donors (Lipinski definition) is 1. The number of thiazole rings is 1. The van der Waals surface area contributed by atoms with Crippen LogP contribution in [0.1, 0.15) is 36.8 Å². The molecule has 2 rings (SSSR count). The quantitative estimate of drug-likeness (QED) is 0.883. The Balaban J connectivity index is 2.52. The molecular weight excluding hydrogens is 224 g/mol. The van der Waals surface area contributed by atoms with Crippen molar-refractivity contribution in [1.82, 2.24) is 20.0 Å². The summed E-state index contributed by atoms with van der Waals surface area (Å²) in [5.74, 6) is 0.251. The first kappa shape index (κ1) is 11.2. The second-order valence-electron chi connectivity index (χ2n) is 3.92. The summed E-state index contributed by atoms with van der Waals surface area (Å²) in [6.45, 7) is 5.96. The van der Waals surface area contributed by atoms with Crippen LogP contribution < -0.4 is 0 Å². The Hall–Kier alpha value is -1.27. The monoisotopic (exact) mass is 238 g/mol. The molecular formula is C10H14N4OS. The molecule has 0 aromatic carbocycles. The van der Waals surface area contributed by atoms with E-state index < -0.39 is 0 Å². The molecule has 0 amide bonds. The second-order valence-corrected chi connectivity index (χ2v) is 4.75. The van der Waals surface area contributed by atoms with Gasteiger partial charge < -0.3 is 5.11 Å². The molecule has 0 aliphatic carbocycles. The standard InChI is InChI=1S/C10H14N4OS/c1-6(2)9-8(4-15)12-13-14(9)10-11-7(3)5-16-10/h5-6,15H,4H2,1-3H3. The Morgan fingerprint density at radius 3 is 2.75 bits per heavy atom. The Morgan fingerprint density at radius 1 is 1.50 bits per heavy atom. The van der Waals surface area contributed by atoms with Crippen molar-refractivity contribution in [1.29, 1.82) is 0 Å². The summed E-state index contributed by atoms with van der Waals surface area (Å²) in [5.41, 5.74) is 2.52. The van der Waals surface area contributed by atoms with Crippen LogP contribution in [0.15, 0.2) is 5.38 Å². The minimum absolute atomic E-state index is 0.0854. The highest BCUT2D eigenvalue weighted by Crippen LogP contribution is 2.23. The molecule has 0 bridgehead atoms. The molecule has 0 fully saturated rings. The second kappa shape index (κ2) is 4.31. The fourth-order valence-electron chi connectivity index (χ4n) is 1.59. The molecule has 0 radical (unpaired) electrons. The molecule has 0 aliphatic heterocycles. The zero-order valence-corrected chi connectivity index (χ0v) is 10.3. The highest BCUT2D eigenvalue weighted by Gasteiger charge is 2.18. The first-order valence-electron chi connectivity index (χ1n) is 5.11. The third-order valence-corrected chi connectivity index (χ3v) is 3.20. The molecule has 2 heterocycles. The van der Waals surface area contributed by atoms with Gasteiger partial charge >= 0.3 is 0 Å².